The SMILES string of the molecule is CCCC[C@H](NC(=O)c1[nH]c2c(c1C)C(=O)CC1(CCOCC1)C2)C(=O)N[C@@H](C)c1ccccc1. The minimum atomic E-state index is -0.647. The van der Waals surface area contributed by atoms with Crippen LogP contribution >= 0.6 is 0 Å². The Morgan fingerprint density at radius 2 is 1.83 bits per heavy atom. The highest BCUT2D eigenvalue weighted by Crippen LogP contribution is 2.44. The van der Waals surface area contributed by atoms with Crippen molar-refractivity contribution in [2.24, 2.45) is 5.41 Å². The number of hydrogen-bond acceptors (Lipinski definition) is 4. The number of ether oxygens (including phenoxy) is 1. The summed E-state index contributed by atoms with van der Waals surface area (Å²) in [5.41, 5.74) is 3.49. The minimum absolute atomic E-state index is 0.0789. The van der Waals surface area contributed by atoms with E-state index in [2.05, 4.69) is 22.5 Å². The van der Waals surface area contributed by atoms with Crippen LogP contribution in [0.1, 0.15) is 96.1 Å². The van der Waals surface area contributed by atoms with Gasteiger partial charge in [-0.2, -0.15) is 0 Å². The molecule has 7 heteroatoms. The first-order valence-electron chi connectivity index (χ1n) is 12.8. The lowest BCUT2D eigenvalue weighted by Gasteiger charge is -2.39. The number of amides is 2. The third-order valence-corrected chi connectivity index (χ3v) is 7.60. The van der Waals surface area contributed by atoms with E-state index >= 15 is 0 Å². The molecule has 7 nitrogen and oxygen atoms in total. The van der Waals surface area contributed by atoms with Crippen molar-refractivity contribution in [3.8, 4) is 0 Å². The third-order valence-electron chi connectivity index (χ3n) is 7.60. The molecule has 3 N–H and O–H groups in total. The Kier molecular flexibility index (Phi) is 7.75. The van der Waals surface area contributed by atoms with Gasteiger partial charge in [-0.15, -0.1) is 0 Å². The van der Waals surface area contributed by atoms with Crippen LogP contribution in [0.2, 0.25) is 0 Å². The molecular weight excluding hydrogens is 442 g/mol. The second-order valence-electron chi connectivity index (χ2n) is 10.2. The molecule has 2 heterocycles. The number of rotatable bonds is 8. The molecule has 2 aromatic rings. The Morgan fingerprint density at radius 3 is 2.51 bits per heavy atom. The van der Waals surface area contributed by atoms with Gasteiger partial charge < -0.3 is 20.4 Å². The van der Waals surface area contributed by atoms with E-state index in [1.165, 1.54) is 0 Å². The zero-order valence-corrected chi connectivity index (χ0v) is 21.0. The average molecular weight is 480 g/mol. The van der Waals surface area contributed by atoms with Crippen LogP contribution in [0.4, 0.5) is 0 Å². The lowest BCUT2D eigenvalue weighted by molar-refractivity contribution is -0.123. The standard InChI is InChI=1S/C28H37N3O4/c1-4-5-11-21(26(33)29-19(3)20-9-7-6-8-10-20)31-27(34)25-18(2)24-22(30-25)16-28(17-23(24)32)12-14-35-15-13-28/h6-10,19,21,30H,4-5,11-17H2,1-3H3,(H,29,33)(H,31,34)/t19-,21-/m0/s1. The summed E-state index contributed by atoms with van der Waals surface area (Å²) in [5.74, 6) is -0.443. The van der Waals surface area contributed by atoms with E-state index in [4.69, 9.17) is 4.74 Å². The van der Waals surface area contributed by atoms with Crippen molar-refractivity contribution in [3.05, 3.63) is 58.4 Å². The van der Waals surface area contributed by atoms with Gasteiger partial charge in [0.2, 0.25) is 5.91 Å². The monoisotopic (exact) mass is 479 g/mol. The molecule has 2 atom stereocenters. The van der Waals surface area contributed by atoms with Gasteiger partial charge in [-0.1, -0.05) is 50.1 Å². The first-order valence-corrected chi connectivity index (χ1v) is 12.8. The summed E-state index contributed by atoms with van der Waals surface area (Å²) in [6.45, 7) is 7.16. The predicted molar refractivity (Wildman–Crippen MR) is 134 cm³/mol. The molecule has 0 bridgehead atoms. The second kappa shape index (κ2) is 10.8. The van der Waals surface area contributed by atoms with Gasteiger partial charge in [-0.25, -0.2) is 0 Å². The molecule has 1 aliphatic heterocycles. The molecule has 1 saturated heterocycles. The fourth-order valence-electron chi connectivity index (χ4n) is 5.47. The maximum absolute atomic E-state index is 13.3. The van der Waals surface area contributed by atoms with E-state index < -0.39 is 6.04 Å². The van der Waals surface area contributed by atoms with Gasteiger partial charge in [-0.3, -0.25) is 14.4 Å². The maximum atomic E-state index is 13.3. The van der Waals surface area contributed by atoms with E-state index in [0.29, 0.717) is 42.9 Å². The Hall–Kier alpha value is -2.93. The number of aromatic nitrogens is 1. The number of fused-ring (bicyclic) bond motifs is 1. The van der Waals surface area contributed by atoms with Gasteiger partial charge in [0.05, 0.1) is 6.04 Å². The van der Waals surface area contributed by atoms with E-state index in [1.54, 1.807) is 0 Å². The maximum Gasteiger partial charge on any atom is 0.268 e. The van der Waals surface area contributed by atoms with Gasteiger partial charge in [0.25, 0.3) is 5.91 Å². The third kappa shape index (κ3) is 5.50. The summed E-state index contributed by atoms with van der Waals surface area (Å²) in [4.78, 5) is 42.8. The van der Waals surface area contributed by atoms with Crippen LogP contribution in [0.25, 0.3) is 0 Å². The van der Waals surface area contributed by atoms with Gasteiger partial charge in [0, 0.05) is 30.9 Å². The van der Waals surface area contributed by atoms with E-state index in [1.807, 2.05) is 44.2 Å². The zero-order chi connectivity index (χ0) is 25.0. The average Bonchev–Trinajstić information content (AvgIpc) is 3.18. The molecule has 1 spiro atoms. The topological polar surface area (TPSA) is 100 Å². The molecule has 1 aromatic heterocycles. The van der Waals surface area contributed by atoms with Crippen LogP contribution in [0.3, 0.4) is 0 Å². The number of carbonyl (C=O) groups is 3. The fourth-order valence-corrected chi connectivity index (χ4v) is 5.47. The number of Topliss-reactive ketones (excluding diaryl/α,β-unsaturated/α-hetero) is 1. The van der Waals surface area contributed by atoms with Crippen molar-refractivity contribution in [1.29, 1.82) is 0 Å². The van der Waals surface area contributed by atoms with E-state index in [-0.39, 0.29) is 29.1 Å². The molecule has 35 heavy (non-hydrogen) atoms. The number of benzene rings is 1. The Labute approximate surface area is 207 Å². The van der Waals surface area contributed by atoms with Crippen molar-refractivity contribution < 1.29 is 19.1 Å². The van der Waals surface area contributed by atoms with Crippen LogP contribution in [-0.2, 0) is 16.0 Å². The number of carbonyl (C=O) groups excluding carboxylic acids is 3. The fraction of sp³-hybridized carbons (Fsp3) is 0.536. The Morgan fingerprint density at radius 1 is 1.11 bits per heavy atom. The smallest absolute Gasteiger partial charge is 0.268 e. The number of unbranched alkanes of at least 4 members (excludes halogenated alkanes) is 1. The minimum Gasteiger partial charge on any atom is -0.381 e. The van der Waals surface area contributed by atoms with Gasteiger partial charge >= 0.3 is 0 Å². The van der Waals surface area contributed by atoms with E-state index in [9.17, 15) is 14.4 Å². The van der Waals surface area contributed by atoms with Crippen molar-refractivity contribution in [1.82, 2.24) is 15.6 Å². The molecule has 188 valence electrons. The molecule has 2 aliphatic rings. The quantitative estimate of drug-likeness (QED) is 0.522. The van der Waals surface area contributed by atoms with Crippen molar-refractivity contribution in [2.45, 2.75) is 77.8 Å². The zero-order valence-electron chi connectivity index (χ0n) is 21.0. The Balaban J connectivity index is 1.50. The first-order chi connectivity index (χ1) is 16.8. The van der Waals surface area contributed by atoms with Crippen molar-refractivity contribution >= 4 is 17.6 Å². The Bertz CT molecular complexity index is 1070. The highest BCUT2D eigenvalue weighted by atomic mass is 16.5. The largest absolute Gasteiger partial charge is 0.381 e. The number of hydrogen-bond donors (Lipinski definition) is 3. The van der Waals surface area contributed by atoms with Crippen LogP contribution in [0.15, 0.2) is 30.3 Å². The summed E-state index contributed by atoms with van der Waals surface area (Å²) >= 11 is 0. The molecule has 0 radical (unpaired) electrons. The highest BCUT2D eigenvalue weighted by molar-refractivity contribution is 6.05. The summed E-state index contributed by atoms with van der Waals surface area (Å²) in [5, 5.41) is 5.99. The van der Waals surface area contributed by atoms with Gasteiger partial charge in [0.1, 0.15) is 11.7 Å². The molecule has 0 saturated carbocycles. The summed E-state index contributed by atoms with van der Waals surface area (Å²) < 4.78 is 5.52. The highest BCUT2D eigenvalue weighted by Gasteiger charge is 2.42. The second-order valence-corrected chi connectivity index (χ2v) is 10.2. The van der Waals surface area contributed by atoms with Crippen molar-refractivity contribution in [2.75, 3.05) is 13.2 Å². The lowest BCUT2D eigenvalue weighted by atomic mass is 9.68. The lowest BCUT2D eigenvalue weighted by Crippen LogP contribution is -2.47. The number of H-pyrrole nitrogens is 1. The number of nitrogens with one attached hydrogen (secondary N) is 3. The molecule has 0 unspecified atom stereocenters. The van der Waals surface area contributed by atoms with Crippen molar-refractivity contribution in [3.63, 3.8) is 0 Å². The predicted octanol–water partition coefficient (Wildman–Crippen LogP) is 4.41. The van der Waals surface area contributed by atoms with Crippen LogP contribution in [0.5, 0.6) is 0 Å². The molecule has 1 fully saturated rings. The molecule has 4 rings (SSSR count). The number of aromatic amines is 1. The normalized spacial score (nSPS) is 18.5. The summed E-state index contributed by atoms with van der Waals surface area (Å²) in [7, 11) is 0. The van der Waals surface area contributed by atoms with Gasteiger partial charge in [0.15, 0.2) is 5.78 Å². The van der Waals surface area contributed by atoms with E-state index in [0.717, 1.165) is 43.4 Å². The molecule has 1 aliphatic carbocycles. The molecule has 1 aromatic carbocycles. The summed E-state index contributed by atoms with van der Waals surface area (Å²) in [6.07, 6.45) is 5.26. The van der Waals surface area contributed by atoms with Crippen LogP contribution in [0, 0.1) is 12.3 Å². The van der Waals surface area contributed by atoms with Gasteiger partial charge in [-0.05, 0) is 56.1 Å². The molecule has 2 amide bonds. The van der Waals surface area contributed by atoms with Crippen LogP contribution in [-0.4, -0.2) is 41.8 Å². The molecular formula is C28H37N3O4. The number of ketones is 1. The van der Waals surface area contributed by atoms with Crippen LogP contribution < -0.4 is 10.6 Å². The summed E-state index contributed by atoms with van der Waals surface area (Å²) in [6, 6.07) is 8.95. The first kappa shape index (κ1) is 25.2.